The van der Waals surface area contributed by atoms with Gasteiger partial charge in [-0.3, -0.25) is 14.5 Å². The first-order valence-corrected chi connectivity index (χ1v) is 9.41. The summed E-state index contributed by atoms with van der Waals surface area (Å²) in [6.07, 6.45) is 3.17. The smallest absolute Gasteiger partial charge is 0.248 e. The Morgan fingerprint density at radius 2 is 1.57 bits per heavy atom. The Bertz CT molecular complexity index is 829. The van der Waals surface area contributed by atoms with Gasteiger partial charge in [0.1, 0.15) is 0 Å². The van der Waals surface area contributed by atoms with Gasteiger partial charge in [-0.15, -0.1) is 0 Å². The van der Waals surface area contributed by atoms with Crippen LogP contribution in [0.3, 0.4) is 0 Å². The van der Waals surface area contributed by atoms with Crippen LogP contribution in [0.2, 0.25) is 5.02 Å². The molecule has 0 saturated carbocycles. The Balaban J connectivity index is 1.47. The zero-order valence-electron chi connectivity index (χ0n) is 15.4. The minimum atomic E-state index is -0.237. The molecule has 0 atom stereocenters. The monoisotopic (exact) mass is 399 g/mol. The maximum absolute atomic E-state index is 12.1. The average Bonchev–Trinajstić information content (AvgIpc) is 2.70. The molecule has 3 rings (SSSR count). The second kappa shape index (κ2) is 10.0. The topological polar surface area (TPSA) is 70.7 Å². The minimum Gasteiger partial charge on any atom is -0.379 e. The van der Waals surface area contributed by atoms with Gasteiger partial charge < -0.3 is 15.4 Å². The number of nitrogens with one attached hydrogen (secondary N) is 2. The van der Waals surface area contributed by atoms with Gasteiger partial charge in [0.2, 0.25) is 11.8 Å². The molecule has 6 nitrogen and oxygen atoms in total. The van der Waals surface area contributed by atoms with Crippen LogP contribution in [0.4, 0.5) is 11.4 Å². The average molecular weight is 400 g/mol. The van der Waals surface area contributed by atoms with Crippen molar-refractivity contribution < 1.29 is 14.3 Å². The van der Waals surface area contributed by atoms with Gasteiger partial charge in [0.05, 0.1) is 19.8 Å². The molecule has 0 radical (unpaired) electrons. The molecule has 2 N–H and O–H groups in total. The van der Waals surface area contributed by atoms with E-state index in [1.165, 1.54) is 6.08 Å². The molecule has 1 fully saturated rings. The second-order valence-electron chi connectivity index (χ2n) is 6.39. The molecule has 1 aliphatic rings. The predicted octanol–water partition coefficient (Wildman–Crippen LogP) is 3.26. The van der Waals surface area contributed by atoms with E-state index in [1.54, 1.807) is 42.5 Å². The molecule has 1 aliphatic heterocycles. The van der Waals surface area contributed by atoms with Gasteiger partial charge in [-0.05, 0) is 48.0 Å². The lowest BCUT2D eigenvalue weighted by atomic mass is 10.2. The summed E-state index contributed by atoms with van der Waals surface area (Å²) in [6, 6.07) is 14.2. The van der Waals surface area contributed by atoms with E-state index in [4.69, 9.17) is 16.3 Å². The maximum atomic E-state index is 12.1. The van der Waals surface area contributed by atoms with Crippen molar-refractivity contribution in [3.05, 3.63) is 65.2 Å². The summed E-state index contributed by atoms with van der Waals surface area (Å²) in [7, 11) is 0. The summed E-state index contributed by atoms with van der Waals surface area (Å²) < 4.78 is 5.27. The number of carbonyl (C=O) groups excluding carboxylic acids is 2. The number of carbonyl (C=O) groups is 2. The van der Waals surface area contributed by atoms with Crippen molar-refractivity contribution >= 4 is 40.9 Å². The van der Waals surface area contributed by atoms with Crippen molar-refractivity contribution in [2.75, 3.05) is 43.5 Å². The molecule has 7 heteroatoms. The minimum absolute atomic E-state index is 0.0652. The fraction of sp³-hybridized carbons (Fsp3) is 0.238. The number of amides is 2. The number of rotatable bonds is 6. The maximum Gasteiger partial charge on any atom is 0.248 e. The largest absolute Gasteiger partial charge is 0.379 e. The van der Waals surface area contributed by atoms with Crippen LogP contribution in [0.15, 0.2) is 54.6 Å². The van der Waals surface area contributed by atoms with Gasteiger partial charge in [0.15, 0.2) is 0 Å². The third kappa shape index (κ3) is 6.49. The van der Waals surface area contributed by atoms with Crippen LogP contribution in [0.25, 0.3) is 6.08 Å². The summed E-state index contributed by atoms with van der Waals surface area (Å²) in [6.45, 7) is 3.20. The molecule has 0 spiro atoms. The van der Waals surface area contributed by atoms with Gasteiger partial charge in [-0.25, -0.2) is 0 Å². The third-order valence-electron chi connectivity index (χ3n) is 4.20. The van der Waals surface area contributed by atoms with Gasteiger partial charge >= 0.3 is 0 Å². The molecular formula is C21H22ClN3O3. The summed E-state index contributed by atoms with van der Waals surface area (Å²) in [5.41, 5.74) is 2.22. The molecule has 1 saturated heterocycles. The van der Waals surface area contributed by atoms with E-state index in [2.05, 4.69) is 15.5 Å². The molecule has 146 valence electrons. The van der Waals surface area contributed by atoms with Gasteiger partial charge in [-0.1, -0.05) is 23.7 Å². The van der Waals surface area contributed by atoms with Crippen molar-refractivity contribution in [1.82, 2.24) is 4.90 Å². The lowest BCUT2D eigenvalue weighted by Crippen LogP contribution is -2.41. The predicted molar refractivity (Wildman–Crippen MR) is 111 cm³/mol. The highest BCUT2D eigenvalue weighted by Gasteiger charge is 2.14. The van der Waals surface area contributed by atoms with E-state index < -0.39 is 0 Å². The molecule has 2 aromatic rings. The number of hydrogen-bond acceptors (Lipinski definition) is 4. The van der Waals surface area contributed by atoms with Crippen LogP contribution >= 0.6 is 11.6 Å². The van der Waals surface area contributed by atoms with E-state index in [1.807, 2.05) is 12.1 Å². The molecule has 2 aromatic carbocycles. The Morgan fingerprint density at radius 1 is 0.964 bits per heavy atom. The first-order valence-electron chi connectivity index (χ1n) is 9.03. The zero-order valence-corrected chi connectivity index (χ0v) is 16.1. The summed E-state index contributed by atoms with van der Waals surface area (Å²) in [4.78, 5) is 26.2. The van der Waals surface area contributed by atoms with E-state index >= 15 is 0 Å². The highest BCUT2D eigenvalue weighted by molar-refractivity contribution is 6.30. The lowest BCUT2D eigenvalue weighted by molar-refractivity contribution is -0.118. The highest BCUT2D eigenvalue weighted by atomic mass is 35.5. The molecule has 28 heavy (non-hydrogen) atoms. The Labute approximate surface area is 169 Å². The van der Waals surface area contributed by atoms with E-state index in [0.717, 1.165) is 18.7 Å². The molecule has 1 heterocycles. The molecular weight excluding hydrogens is 378 g/mol. The van der Waals surface area contributed by atoms with Crippen molar-refractivity contribution in [3.63, 3.8) is 0 Å². The fourth-order valence-corrected chi connectivity index (χ4v) is 2.86. The quantitative estimate of drug-likeness (QED) is 0.731. The molecule has 0 unspecified atom stereocenters. The molecule has 2 amide bonds. The zero-order chi connectivity index (χ0) is 19.8. The lowest BCUT2D eigenvalue weighted by Gasteiger charge is -2.25. The Kier molecular flexibility index (Phi) is 7.19. The van der Waals surface area contributed by atoms with Crippen molar-refractivity contribution in [3.8, 4) is 0 Å². The van der Waals surface area contributed by atoms with E-state index in [0.29, 0.717) is 36.2 Å². The third-order valence-corrected chi connectivity index (χ3v) is 4.46. The van der Waals surface area contributed by atoms with E-state index in [9.17, 15) is 9.59 Å². The summed E-state index contributed by atoms with van der Waals surface area (Å²) in [5, 5.41) is 6.30. The van der Waals surface area contributed by atoms with Gasteiger partial charge in [0, 0.05) is 35.6 Å². The number of halogens is 1. The van der Waals surface area contributed by atoms with E-state index in [-0.39, 0.29) is 11.8 Å². The number of ether oxygens (including phenoxy) is 1. The normalized spacial score (nSPS) is 14.8. The number of benzene rings is 2. The molecule has 0 bridgehead atoms. The van der Waals surface area contributed by atoms with Crippen LogP contribution in [0.1, 0.15) is 5.56 Å². The number of morpholine rings is 1. The van der Waals surface area contributed by atoms with Crippen LogP contribution in [-0.2, 0) is 14.3 Å². The summed E-state index contributed by atoms with van der Waals surface area (Å²) in [5.74, 6) is -0.302. The first-order chi connectivity index (χ1) is 13.6. The Hall–Kier alpha value is -2.67. The van der Waals surface area contributed by atoms with Crippen LogP contribution in [-0.4, -0.2) is 49.6 Å². The van der Waals surface area contributed by atoms with Crippen LogP contribution in [0.5, 0.6) is 0 Å². The number of hydrogen-bond donors (Lipinski definition) is 2. The first kappa shape index (κ1) is 20.1. The van der Waals surface area contributed by atoms with Crippen molar-refractivity contribution in [2.24, 2.45) is 0 Å². The standard InChI is InChI=1S/C21H22ClN3O3/c22-17-4-1-16(2-5-17)3-10-20(26)23-18-6-8-19(9-7-18)24-21(27)15-25-11-13-28-14-12-25/h1-10H,11-15H2,(H,23,26)(H,24,27)/b10-3+. The van der Waals surface area contributed by atoms with Crippen molar-refractivity contribution in [1.29, 1.82) is 0 Å². The number of nitrogens with zero attached hydrogens (tertiary/aromatic N) is 1. The van der Waals surface area contributed by atoms with Crippen LogP contribution in [0, 0.1) is 0 Å². The SMILES string of the molecule is O=C(/C=C/c1ccc(Cl)cc1)Nc1ccc(NC(=O)CN2CCOCC2)cc1. The Morgan fingerprint density at radius 3 is 2.21 bits per heavy atom. The highest BCUT2D eigenvalue weighted by Crippen LogP contribution is 2.14. The van der Waals surface area contributed by atoms with Crippen molar-refractivity contribution in [2.45, 2.75) is 0 Å². The number of anilines is 2. The second-order valence-corrected chi connectivity index (χ2v) is 6.82. The van der Waals surface area contributed by atoms with Gasteiger partial charge in [0.25, 0.3) is 0 Å². The molecule has 0 aliphatic carbocycles. The summed E-state index contributed by atoms with van der Waals surface area (Å²) >= 11 is 5.84. The fourth-order valence-electron chi connectivity index (χ4n) is 2.73. The van der Waals surface area contributed by atoms with Crippen LogP contribution < -0.4 is 10.6 Å². The van der Waals surface area contributed by atoms with Gasteiger partial charge in [-0.2, -0.15) is 0 Å². The molecule has 0 aromatic heterocycles.